The minimum atomic E-state index is -0.280. The lowest BCUT2D eigenvalue weighted by atomic mass is 10.1. The van der Waals surface area contributed by atoms with Crippen molar-refractivity contribution < 1.29 is 9.18 Å². The number of amides is 1. The van der Waals surface area contributed by atoms with Gasteiger partial charge < -0.3 is 9.80 Å². The first-order chi connectivity index (χ1) is 13.9. The summed E-state index contributed by atoms with van der Waals surface area (Å²) in [5.74, 6) is -0.164. The molecule has 0 saturated carbocycles. The lowest BCUT2D eigenvalue weighted by Gasteiger charge is -2.34. The van der Waals surface area contributed by atoms with Crippen molar-refractivity contribution in [2.24, 2.45) is 0 Å². The van der Waals surface area contributed by atoms with Crippen LogP contribution >= 0.6 is 11.3 Å². The number of piperazine rings is 1. The number of hydrogen-bond donors (Lipinski definition) is 0. The lowest BCUT2D eigenvalue weighted by molar-refractivity contribution is -0.130. The van der Waals surface area contributed by atoms with Gasteiger partial charge in [-0.15, -0.1) is 11.3 Å². The molecule has 2 aromatic heterocycles. The molecule has 3 aromatic rings. The second kappa shape index (κ2) is 7.94. The van der Waals surface area contributed by atoms with E-state index in [0.717, 1.165) is 46.6 Å². The molecule has 0 unspecified atom stereocenters. The summed E-state index contributed by atoms with van der Waals surface area (Å²) in [5.41, 5.74) is 4.51. The Kier molecular flexibility index (Phi) is 5.36. The summed E-state index contributed by atoms with van der Waals surface area (Å²) in [7, 11) is 0. The van der Waals surface area contributed by atoms with Crippen molar-refractivity contribution in [3.63, 3.8) is 0 Å². The Hall–Kier alpha value is -2.74. The maximum Gasteiger partial charge on any atom is 0.227 e. The summed E-state index contributed by atoms with van der Waals surface area (Å²) in [6.45, 7) is 8.85. The number of hydrogen-bond acceptors (Lipinski definition) is 5. The molecule has 0 radical (unpaired) electrons. The predicted molar refractivity (Wildman–Crippen MR) is 112 cm³/mol. The van der Waals surface area contributed by atoms with Gasteiger partial charge in [-0.1, -0.05) is 0 Å². The number of aromatic nitrogens is 3. The molecule has 0 atom stereocenters. The molecule has 29 heavy (non-hydrogen) atoms. The van der Waals surface area contributed by atoms with Crippen molar-refractivity contribution in [3.8, 4) is 5.69 Å². The highest BCUT2D eigenvalue weighted by Crippen LogP contribution is 2.23. The summed E-state index contributed by atoms with van der Waals surface area (Å²) in [6, 6.07) is 6.22. The fourth-order valence-corrected chi connectivity index (χ4v) is 4.52. The summed E-state index contributed by atoms with van der Waals surface area (Å²) in [5, 5.41) is 7.65. The minimum Gasteiger partial charge on any atom is -0.345 e. The van der Waals surface area contributed by atoms with Crippen molar-refractivity contribution in [2.75, 3.05) is 31.1 Å². The van der Waals surface area contributed by atoms with E-state index in [2.05, 4.69) is 20.4 Å². The largest absolute Gasteiger partial charge is 0.345 e. The first kappa shape index (κ1) is 19.6. The van der Waals surface area contributed by atoms with E-state index >= 15 is 0 Å². The number of carbonyl (C=O) groups excluding carboxylic acids is 1. The topological polar surface area (TPSA) is 54.3 Å². The number of benzene rings is 1. The Morgan fingerprint density at radius 2 is 1.79 bits per heavy atom. The van der Waals surface area contributed by atoms with Crippen LogP contribution in [0.1, 0.15) is 22.6 Å². The molecule has 0 aliphatic carbocycles. The van der Waals surface area contributed by atoms with Gasteiger partial charge in [-0.25, -0.2) is 14.1 Å². The minimum absolute atomic E-state index is 0.116. The van der Waals surface area contributed by atoms with E-state index in [4.69, 9.17) is 0 Å². The Morgan fingerprint density at radius 3 is 2.41 bits per heavy atom. The molecular weight excluding hydrogens is 389 g/mol. The van der Waals surface area contributed by atoms with Crippen molar-refractivity contribution in [2.45, 2.75) is 27.2 Å². The van der Waals surface area contributed by atoms with E-state index in [-0.39, 0.29) is 11.7 Å². The zero-order valence-corrected chi connectivity index (χ0v) is 17.7. The number of rotatable bonds is 4. The molecular formula is C21H24FN5OS. The fraction of sp³-hybridized carbons (Fsp3) is 0.381. The van der Waals surface area contributed by atoms with Gasteiger partial charge in [-0.05, 0) is 45.0 Å². The van der Waals surface area contributed by atoms with Crippen molar-refractivity contribution in [1.29, 1.82) is 0 Å². The molecule has 8 heteroatoms. The van der Waals surface area contributed by atoms with E-state index in [1.54, 1.807) is 28.2 Å². The van der Waals surface area contributed by atoms with E-state index in [1.165, 1.54) is 12.1 Å². The van der Waals surface area contributed by atoms with Crippen LogP contribution in [-0.2, 0) is 11.2 Å². The lowest BCUT2D eigenvalue weighted by Crippen LogP contribution is -2.49. The maximum absolute atomic E-state index is 13.2. The molecule has 0 spiro atoms. The van der Waals surface area contributed by atoms with Crippen LogP contribution < -0.4 is 4.90 Å². The Balaban J connectivity index is 1.43. The molecule has 0 N–H and O–H groups in total. The molecule has 1 aliphatic rings. The van der Waals surface area contributed by atoms with E-state index in [1.807, 2.05) is 25.7 Å². The van der Waals surface area contributed by atoms with Gasteiger partial charge in [-0.3, -0.25) is 4.79 Å². The second-order valence-electron chi connectivity index (χ2n) is 7.35. The molecule has 152 valence electrons. The zero-order valence-electron chi connectivity index (χ0n) is 16.9. The molecule has 4 rings (SSSR count). The van der Waals surface area contributed by atoms with Crippen molar-refractivity contribution >= 4 is 22.4 Å². The van der Waals surface area contributed by atoms with Gasteiger partial charge in [0.25, 0.3) is 0 Å². The summed E-state index contributed by atoms with van der Waals surface area (Å²) in [4.78, 5) is 21.6. The van der Waals surface area contributed by atoms with E-state index in [9.17, 15) is 9.18 Å². The van der Waals surface area contributed by atoms with Crippen LogP contribution in [0.25, 0.3) is 5.69 Å². The highest BCUT2D eigenvalue weighted by atomic mass is 32.1. The van der Waals surface area contributed by atoms with Crippen LogP contribution in [0.15, 0.2) is 29.6 Å². The van der Waals surface area contributed by atoms with Crippen LogP contribution in [0, 0.1) is 26.6 Å². The third kappa shape index (κ3) is 4.03. The standard InChI is InChI=1S/C21H24FN5OS/c1-14-13-29-21(23-14)26-10-8-25(9-11-26)20(28)12-19-15(2)24-27(16(19)3)18-6-4-17(22)5-7-18/h4-7,13H,8-12H2,1-3H3. The number of aryl methyl sites for hydroxylation is 2. The Bertz CT molecular complexity index is 1020. The average molecular weight is 414 g/mol. The van der Waals surface area contributed by atoms with Gasteiger partial charge in [0.15, 0.2) is 5.13 Å². The van der Waals surface area contributed by atoms with E-state index < -0.39 is 0 Å². The molecule has 1 amide bonds. The van der Waals surface area contributed by atoms with Gasteiger partial charge >= 0.3 is 0 Å². The van der Waals surface area contributed by atoms with Crippen LogP contribution in [0.4, 0.5) is 9.52 Å². The molecule has 0 bridgehead atoms. The monoisotopic (exact) mass is 413 g/mol. The van der Waals surface area contributed by atoms with Crippen LogP contribution in [0.3, 0.4) is 0 Å². The van der Waals surface area contributed by atoms with Gasteiger partial charge in [0.2, 0.25) is 5.91 Å². The van der Waals surface area contributed by atoms with E-state index in [0.29, 0.717) is 19.5 Å². The van der Waals surface area contributed by atoms with Crippen LogP contribution in [-0.4, -0.2) is 51.8 Å². The first-order valence-electron chi connectivity index (χ1n) is 9.68. The summed E-state index contributed by atoms with van der Waals surface area (Å²) < 4.78 is 15.0. The number of nitrogens with zero attached hydrogens (tertiary/aromatic N) is 5. The molecule has 1 fully saturated rings. The predicted octanol–water partition coefficient (Wildman–Crippen LogP) is 3.28. The SMILES string of the molecule is Cc1csc(N2CCN(C(=O)Cc3c(C)nn(-c4ccc(F)cc4)c3C)CC2)n1. The van der Waals surface area contributed by atoms with Gasteiger partial charge in [0.1, 0.15) is 5.82 Å². The average Bonchev–Trinajstić information content (AvgIpc) is 3.27. The number of halogens is 1. The summed E-state index contributed by atoms with van der Waals surface area (Å²) in [6.07, 6.45) is 0.329. The molecule has 3 heterocycles. The normalized spacial score (nSPS) is 14.5. The quantitative estimate of drug-likeness (QED) is 0.659. The van der Waals surface area contributed by atoms with Crippen LogP contribution in [0.5, 0.6) is 0 Å². The highest BCUT2D eigenvalue weighted by molar-refractivity contribution is 7.13. The van der Waals surface area contributed by atoms with Gasteiger partial charge in [-0.2, -0.15) is 5.10 Å². The highest BCUT2D eigenvalue weighted by Gasteiger charge is 2.24. The Labute approximate surface area is 173 Å². The maximum atomic E-state index is 13.2. The Morgan fingerprint density at radius 1 is 1.10 bits per heavy atom. The van der Waals surface area contributed by atoms with Gasteiger partial charge in [0.05, 0.1) is 23.5 Å². The third-order valence-electron chi connectivity index (χ3n) is 5.35. The molecule has 6 nitrogen and oxygen atoms in total. The van der Waals surface area contributed by atoms with Crippen molar-refractivity contribution in [3.05, 3.63) is 58.1 Å². The van der Waals surface area contributed by atoms with Crippen molar-refractivity contribution in [1.82, 2.24) is 19.7 Å². The number of carbonyl (C=O) groups is 1. The summed E-state index contributed by atoms with van der Waals surface area (Å²) >= 11 is 1.65. The van der Waals surface area contributed by atoms with Gasteiger partial charge in [0, 0.05) is 42.8 Å². The zero-order chi connectivity index (χ0) is 20.5. The molecule has 1 aliphatic heterocycles. The van der Waals surface area contributed by atoms with Crippen LogP contribution in [0.2, 0.25) is 0 Å². The number of thiazole rings is 1. The smallest absolute Gasteiger partial charge is 0.227 e. The fourth-order valence-electron chi connectivity index (χ4n) is 3.66. The molecule has 1 aromatic carbocycles. The third-order valence-corrected chi connectivity index (χ3v) is 6.37. The first-order valence-corrected chi connectivity index (χ1v) is 10.6. The number of anilines is 1. The molecule has 1 saturated heterocycles. The second-order valence-corrected chi connectivity index (χ2v) is 8.19.